The number of nitrogens with one attached hydrogen (secondary N) is 2. The third kappa shape index (κ3) is 5.24. The lowest BCUT2D eigenvalue weighted by atomic mass is 10.1. The predicted molar refractivity (Wildman–Crippen MR) is 97.5 cm³/mol. The van der Waals surface area contributed by atoms with E-state index in [9.17, 15) is 9.59 Å². The van der Waals surface area contributed by atoms with Crippen molar-refractivity contribution in [1.29, 1.82) is 0 Å². The molecule has 0 heterocycles. The summed E-state index contributed by atoms with van der Waals surface area (Å²) in [5.41, 5.74) is 7.62. The molecule has 0 saturated carbocycles. The maximum absolute atomic E-state index is 12.0. The molecule has 0 radical (unpaired) electrons. The molecule has 2 aromatic rings. The third-order valence-electron chi connectivity index (χ3n) is 3.79. The normalized spacial score (nSPS) is 12.8. The second-order valence-corrected chi connectivity index (χ2v) is 5.87. The Morgan fingerprint density at radius 1 is 1.08 bits per heavy atom. The smallest absolute Gasteiger partial charge is 0.312 e. The number of ether oxygens (including phenoxy) is 1. The summed E-state index contributed by atoms with van der Waals surface area (Å²) in [6.45, 7) is 5.42. The van der Waals surface area contributed by atoms with Crippen LogP contribution in [0.25, 0.3) is 0 Å². The van der Waals surface area contributed by atoms with E-state index in [1.165, 1.54) is 0 Å². The number of carbonyl (C=O) groups is 2. The SMILES string of the molecule is Cc1cc(O[C@@H](C)c2ccccc2)ccc1NC(=O)[C@@H](C)NC(N)=O. The van der Waals surface area contributed by atoms with Gasteiger partial charge in [0.2, 0.25) is 5.91 Å². The Morgan fingerprint density at radius 3 is 2.36 bits per heavy atom. The van der Waals surface area contributed by atoms with Gasteiger partial charge in [-0.15, -0.1) is 0 Å². The summed E-state index contributed by atoms with van der Waals surface area (Å²) in [5, 5.41) is 5.10. The van der Waals surface area contributed by atoms with E-state index in [0.717, 1.165) is 16.9 Å². The molecule has 2 rings (SSSR count). The molecule has 0 aliphatic carbocycles. The largest absolute Gasteiger partial charge is 0.486 e. The first-order chi connectivity index (χ1) is 11.9. The van der Waals surface area contributed by atoms with Gasteiger partial charge in [-0.3, -0.25) is 4.79 Å². The number of hydrogen-bond donors (Lipinski definition) is 3. The van der Waals surface area contributed by atoms with Gasteiger partial charge >= 0.3 is 6.03 Å². The first-order valence-electron chi connectivity index (χ1n) is 8.06. The van der Waals surface area contributed by atoms with Gasteiger partial charge in [0.05, 0.1) is 0 Å². The highest BCUT2D eigenvalue weighted by atomic mass is 16.5. The van der Waals surface area contributed by atoms with Crippen molar-refractivity contribution >= 4 is 17.6 Å². The van der Waals surface area contributed by atoms with Gasteiger partial charge in [-0.25, -0.2) is 4.79 Å². The van der Waals surface area contributed by atoms with Crippen molar-refractivity contribution in [2.24, 2.45) is 5.73 Å². The molecular formula is C19H23N3O3. The van der Waals surface area contributed by atoms with Gasteiger partial charge in [0, 0.05) is 5.69 Å². The van der Waals surface area contributed by atoms with E-state index in [4.69, 9.17) is 10.5 Å². The second-order valence-electron chi connectivity index (χ2n) is 5.87. The van der Waals surface area contributed by atoms with Crippen LogP contribution in [0, 0.1) is 6.92 Å². The molecule has 0 aliphatic heterocycles. The Bertz CT molecular complexity index is 747. The van der Waals surface area contributed by atoms with Gasteiger partial charge in [-0.05, 0) is 50.1 Å². The van der Waals surface area contributed by atoms with Crippen LogP contribution in [0.3, 0.4) is 0 Å². The van der Waals surface area contributed by atoms with Crippen molar-refractivity contribution in [3.05, 3.63) is 59.7 Å². The van der Waals surface area contributed by atoms with Gasteiger partial charge in [0.1, 0.15) is 17.9 Å². The lowest BCUT2D eigenvalue weighted by Gasteiger charge is -2.17. The molecule has 0 aromatic heterocycles. The number of rotatable bonds is 6. The monoisotopic (exact) mass is 341 g/mol. The molecule has 0 fully saturated rings. The van der Waals surface area contributed by atoms with Crippen LogP contribution in [-0.2, 0) is 4.79 Å². The Morgan fingerprint density at radius 2 is 1.76 bits per heavy atom. The summed E-state index contributed by atoms with van der Waals surface area (Å²) >= 11 is 0. The van der Waals surface area contributed by atoms with Gasteiger partial charge in [0.25, 0.3) is 0 Å². The van der Waals surface area contributed by atoms with Crippen LogP contribution < -0.4 is 21.1 Å². The molecule has 2 atom stereocenters. The molecule has 0 saturated heterocycles. The van der Waals surface area contributed by atoms with E-state index >= 15 is 0 Å². The van der Waals surface area contributed by atoms with Crippen LogP contribution in [0.5, 0.6) is 5.75 Å². The Kier molecular flexibility index (Phi) is 6.00. The summed E-state index contributed by atoms with van der Waals surface area (Å²) in [6.07, 6.45) is -0.0826. The fourth-order valence-corrected chi connectivity index (χ4v) is 2.37. The molecule has 2 aromatic carbocycles. The van der Waals surface area contributed by atoms with E-state index in [2.05, 4.69) is 10.6 Å². The Hall–Kier alpha value is -3.02. The van der Waals surface area contributed by atoms with E-state index in [0.29, 0.717) is 5.69 Å². The topological polar surface area (TPSA) is 93.4 Å². The first-order valence-corrected chi connectivity index (χ1v) is 8.06. The highest BCUT2D eigenvalue weighted by Gasteiger charge is 2.15. The number of carbonyl (C=O) groups excluding carboxylic acids is 2. The highest BCUT2D eigenvalue weighted by Crippen LogP contribution is 2.26. The van der Waals surface area contributed by atoms with E-state index in [1.54, 1.807) is 19.1 Å². The fraction of sp³-hybridized carbons (Fsp3) is 0.263. The zero-order chi connectivity index (χ0) is 18.4. The van der Waals surface area contributed by atoms with Crippen LogP contribution in [-0.4, -0.2) is 18.0 Å². The molecule has 4 N–H and O–H groups in total. The van der Waals surface area contributed by atoms with Crippen molar-refractivity contribution in [1.82, 2.24) is 5.32 Å². The second kappa shape index (κ2) is 8.19. The Balaban J connectivity index is 2.03. The molecule has 6 nitrogen and oxygen atoms in total. The van der Waals surface area contributed by atoms with E-state index in [-0.39, 0.29) is 12.0 Å². The van der Waals surface area contributed by atoms with Gasteiger partial charge in [-0.2, -0.15) is 0 Å². The third-order valence-corrected chi connectivity index (χ3v) is 3.79. The predicted octanol–water partition coefficient (Wildman–Crippen LogP) is 3.13. The number of nitrogens with two attached hydrogens (primary N) is 1. The molecule has 6 heteroatoms. The number of primary amides is 1. The molecule has 0 bridgehead atoms. The zero-order valence-corrected chi connectivity index (χ0v) is 14.6. The van der Waals surface area contributed by atoms with Crippen molar-refractivity contribution in [2.45, 2.75) is 32.9 Å². The number of anilines is 1. The molecule has 0 aliphatic rings. The highest BCUT2D eigenvalue weighted by molar-refractivity contribution is 5.97. The van der Waals surface area contributed by atoms with Gasteiger partial charge in [0.15, 0.2) is 0 Å². The molecular weight excluding hydrogens is 318 g/mol. The van der Waals surface area contributed by atoms with Crippen molar-refractivity contribution in [2.75, 3.05) is 5.32 Å². The summed E-state index contributed by atoms with van der Waals surface area (Å²) in [5.74, 6) is 0.378. The number of amides is 3. The van der Waals surface area contributed by atoms with Crippen molar-refractivity contribution in [3.8, 4) is 5.75 Å². The minimum Gasteiger partial charge on any atom is -0.486 e. The minimum atomic E-state index is -0.738. The van der Waals surface area contributed by atoms with Crippen molar-refractivity contribution < 1.29 is 14.3 Å². The average molecular weight is 341 g/mol. The molecule has 0 unspecified atom stereocenters. The molecule has 25 heavy (non-hydrogen) atoms. The van der Waals surface area contributed by atoms with E-state index < -0.39 is 12.1 Å². The standard InChI is InChI=1S/C19H23N3O3/c1-12-11-16(25-14(3)15-7-5-4-6-8-15)9-10-17(12)22-18(23)13(2)21-19(20)24/h4-11,13-14H,1-3H3,(H,22,23)(H3,20,21,24)/t13-,14+/m1/s1. The quantitative estimate of drug-likeness (QED) is 0.753. The number of benzene rings is 2. The summed E-state index contributed by atoms with van der Waals surface area (Å²) in [7, 11) is 0. The minimum absolute atomic E-state index is 0.0826. The van der Waals surface area contributed by atoms with Crippen LogP contribution in [0.1, 0.15) is 31.1 Å². The van der Waals surface area contributed by atoms with Crippen molar-refractivity contribution in [3.63, 3.8) is 0 Å². The number of aryl methyl sites for hydroxylation is 1. The first kappa shape index (κ1) is 18.3. The van der Waals surface area contributed by atoms with Gasteiger partial charge in [-0.1, -0.05) is 30.3 Å². The molecule has 3 amide bonds. The van der Waals surface area contributed by atoms with Gasteiger partial charge < -0.3 is 21.1 Å². The average Bonchev–Trinajstić information content (AvgIpc) is 2.57. The van der Waals surface area contributed by atoms with Crippen LogP contribution >= 0.6 is 0 Å². The van der Waals surface area contributed by atoms with Crippen LogP contribution in [0.4, 0.5) is 10.5 Å². The lowest BCUT2D eigenvalue weighted by molar-refractivity contribution is -0.117. The summed E-state index contributed by atoms with van der Waals surface area (Å²) in [6, 6.07) is 13.9. The lowest BCUT2D eigenvalue weighted by Crippen LogP contribution is -2.44. The fourth-order valence-electron chi connectivity index (χ4n) is 2.37. The summed E-state index contributed by atoms with van der Waals surface area (Å²) < 4.78 is 5.96. The summed E-state index contributed by atoms with van der Waals surface area (Å²) in [4.78, 5) is 22.8. The van der Waals surface area contributed by atoms with Crippen LogP contribution in [0.2, 0.25) is 0 Å². The maximum Gasteiger partial charge on any atom is 0.312 e. The number of hydrogen-bond acceptors (Lipinski definition) is 3. The van der Waals surface area contributed by atoms with Crippen LogP contribution in [0.15, 0.2) is 48.5 Å². The maximum atomic E-state index is 12.0. The molecule has 0 spiro atoms. The zero-order valence-electron chi connectivity index (χ0n) is 14.6. The molecule has 132 valence electrons. The Labute approximate surface area is 147 Å². The number of urea groups is 1. The van der Waals surface area contributed by atoms with E-state index in [1.807, 2.05) is 50.2 Å².